The SMILES string of the molecule is C=CC(C1=CC(=O)C(OC)=CC1=O)c1ccc(OC)cc1.COc1cc(C)c(C(=O)Oc2cc(C)c(O)c(C(=O)O)c2C)c(O)c1C=O. The van der Waals surface area contributed by atoms with Gasteiger partial charge in [-0.2, -0.15) is 0 Å². The van der Waals surface area contributed by atoms with Gasteiger partial charge in [0.2, 0.25) is 5.78 Å². The molecule has 0 saturated heterocycles. The molecule has 0 spiro atoms. The van der Waals surface area contributed by atoms with E-state index in [4.69, 9.17) is 18.9 Å². The van der Waals surface area contributed by atoms with Crippen LogP contribution >= 0.6 is 0 Å². The number of aromatic hydroxyl groups is 2. The highest BCUT2D eigenvalue weighted by molar-refractivity contribution is 6.19. The summed E-state index contributed by atoms with van der Waals surface area (Å²) in [6, 6.07) is 10.0. The normalized spacial score (nSPS) is 12.8. The number of carboxylic acids is 1. The van der Waals surface area contributed by atoms with E-state index in [0.29, 0.717) is 17.4 Å². The Balaban J connectivity index is 0.000000269. The van der Waals surface area contributed by atoms with Gasteiger partial charge in [-0.25, -0.2) is 9.59 Å². The molecule has 1 atom stereocenters. The molecule has 1 aliphatic rings. The molecular formula is C36H34O12. The lowest BCUT2D eigenvalue weighted by Crippen LogP contribution is -2.18. The van der Waals surface area contributed by atoms with Crippen molar-refractivity contribution < 1.29 is 58.2 Å². The highest BCUT2D eigenvalue weighted by Gasteiger charge is 2.27. The number of phenolic OH excluding ortho intramolecular Hbond substituents is 1. The van der Waals surface area contributed by atoms with Gasteiger partial charge in [-0.1, -0.05) is 18.2 Å². The third-order valence-corrected chi connectivity index (χ3v) is 7.50. The van der Waals surface area contributed by atoms with Crippen LogP contribution in [0.1, 0.15) is 59.2 Å². The third-order valence-electron chi connectivity index (χ3n) is 7.50. The summed E-state index contributed by atoms with van der Waals surface area (Å²) in [6.07, 6.45) is 4.53. The minimum Gasteiger partial charge on any atom is -0.507 e. The van der Waals surface area contributed by atoms with Crippen LogP contribution < -0.4 is 14.2 Å². The number of aromatic carboxylic acids is 1. The van der Waals surface area contributed by atoms with Crippen LogP contribution in [0.3, 0.4) is 0 Å². The molecule has 3 N–H and O–H groups in total. The first kappa shape index (κ1) is 36.3. The number of esters is 1. The van der Waals surface area contributed by atoms with Gasteiger partial charge in [-0.05, 0) is 67.8 Å². The minimum atomic E-state index is -1.38. The van der Waals surface area contributed by atoms with E-state index in [-0.39, 0.29) is 62.6 Å². The Kier molecular flexibility index (Phi) is 11.7. The van der Waals surface area contributed by atoms with Crippen LogP contribution in [-0.4, -0.2) is 66.4 Å². The number of carboxylic acid groups (broad SMARTS) is 1. The second-order valence-electron chi connectivity index (χ2n) is 10.4. The fourth-order valence-electron chi connectivity index (χ4n) is 4.93. The molecule has 48 heavy (non-hydrogen) atoms. The Bertz CT molecular complexity index is 1860. The zero-order valence-corrected chi connectivity index (χ0v) is 27.1. The number of methoxy groups -OCH3 is 3. The fourth-order valence-corrected chi connectivity index (χ4v) is 4.93. The molecule has 0 aromatic heterocycles. The highest BCUT2D eigenvalue weighted by Crippen LogP contribution is 2.36. The number of rotatable bonds is 10. The summed E-state index contributed by atoms with van der Waals surface area (Å²) >= 11 is 0. The predicted molar refractivity (Wildman–Crippen MR) is 173 cm³/mol. The number of ketones is 2. The topological polar surface area (TPSA) is 183 Å². The molecule has 3 aromatic rings. The smallest absolute Gasteiger partial charge is 0.347 e. The van der Waals surface area contributed by atoms with Gasteiger partial charge in [-0.15, -0.1) is 6.58 Å². The fraction of sp³-hybridized carbons (Fsp3) is 0.194. The molecule has 12 nitrogen and oxygen atoms in total. The number of carbonyl (C=O) groups is 5. The number of ether oxygens (including phenoxy) is 4. The lowest BCUT2D eigenvalue weighted by molar-refractivity contribution is -0.117. The first-order valence-corrected chi connectivity index (χ1v) is 14.2. The second-order valence-corrected chi connectivity index (χ2v) is 10.4. The van der Waals surface area contributed by atoms with Crippen molar-refractivity contribution in [1.29, 1.82) is 0 Å². The van der Waals surface area contributed by atoms with Gasteiger partial charge in [0.15, 0.2) is 17.8 Å². The molecule has 0 amide bonds. The average molecular weight is 659 g/mol. The largest absolute Gasteiger partial charge is 0.507 e. The Morgan fingerprint density at radius 3 is 1.96 bits per heavy atom. The zero-order chi connectivity index (χ0) is 35.9. The second kappa shape index (κ2) is 15.4. The van der Waals surface area contributed by atoms with Crippen LogP contribution in [0.25, 0.3) is 0 Å². The molecule has 3 aromatic carbocycles. The van der Waals surface area contributed by atoms with E-state index in [0.717, 1.165) is 11.3 Å². The van der Waals surface area contributed by atoms with E-state index in [9.17, 15) is 39.3 Å². The van der Waals surface area contributed by atoms with Gasteiger partial charge in [0.25, 0.3) is 0 Å². The quantitative estimate of drug-likeness (QED) is 0.0838. The molecule has 1 unspecified atom stereocenters. The summed E-state index contributed by atoms with van der Waals surface area (Å²) in [5.41, 5.74) is 0.951. The van der Waals surface area contributed by atoms with E-state index in [1.807, 2.05) is 12.1 Å². The maximum absolute atomic E-state index is 12.6. The molecule has 1 aliphatic carbocycles. The molecule has 0 bridgehead atoms. The summed E-state index contributed by atoms with van der Waals surface area (Å²) in [6.45, 7) is 8.12. The zero-order valence-electron chi connectivity index (χ0n) is 27.1. The average Bonchev–Trinajstić information content (AvgIpc) is 3.05. The van der Waals surface area contributed by atoms with Crippen molar-refractivity contribution in [2.75, 3.05) is 21.3 Å². The van der Waals surface area contributed by atoms with Crippen molar-refractivity contribution in [2.24, 2.45) is 0 Å². The Hall–Kier alpha value is -6.17. The molecule has 0 aliphatic heterocycles. The van der Waals surface area contributed by atoms with E-state index < -0.39 is 23.4 Å². The van der Waals surface area contributed by atoms with E-state index in [1.165, 1.54) is 59.3 Å². The minimum absolute atomic E-state index is 0.0419. The molecule has 4 rings (SSSR count). The first-order chi connectivity index (χ1) is 22.7. The highest BCUT2D eigenvalue weighted by atomic mass is 16.5. The van der Waals surface area contributed by atoms with Crippen LogP contribution in [0.5, 0.6) is 28.7 Å². The Morgan fingerprint density at radius 2 is 1.44 bits per heavy atom. The van der Waals surface area contributed by atoms with Crippen LogP contribution in [-0.2, 0) is 14.3 Å². The van der Waals surface area contributed by atoms with Crippen LogP contribution in [0, 0.1) is 20.8 Å². The van der Waals surface area contributed by atoms with E-state index in [1.54, 1.807) is 25.3 Å². The van der Waals surface area contributed by atoms with Crippen molar-refractivity contribution >= 4 is 29.8 Å². The first-order valence-electron chi connectivity index (χ1n) is 14.2. The van der Waals surface area contributed by atoms with Gasteiger partial charge in [0.05, 0.1) is 26.9 Å². The van der Waals surface area contributed by atoms with Crippen molar-refractivity contribution in [1.82, 2.24) is 0 Å². The molecular weight excluding hydrogens is 624 g/mol. The maximum Gasteiger partial charge on any atom is 0.347 e. The number of allylic oxidation sites excluding steroid dienone is 4. The Morgan fingerprint density at radius 1 is 0.812 bits per heavy atom. The van der Waals surface area contributed by atoms with Crippen LogP contribution in [0.4, 0.5) is 0 Å². The number of aryl methyl sites for hydroxylation is 2. The molecule has 0 heterocycles. The number of hydrogen-bond acceptors (Lipinski definition) is 11. The van der Waals surface area contributed by atoms with Crippen LogP contribution in [0.2, 0.25) is 0 Å². The van der Waals surface area contributed by atoms with Gasteiger partial charge in [0.1, 0.15) is 39.9 Å². The number of phenols is 2. The Labute approximate surface area is 276 Å². The van der Waals surface area contributed by atoms with E-state index in [2.05, 4.69) is 6.58 Å². The maximum atomic E-state index is 12.6. The summed E-state index contributed by atoms with van der Waals surface area (Å²) in [7, 11) is 4.27. The predicted octanol–water partition coefficient (Wildman–Crippen LogP) is 5.33. The summed E-state index contributed by atoms with van der Waals surface area (Å²) < 4.78 is 20.2. The van der Waals surface area contributed by atoms with Crippen molar-refractivity contribution in [3.05, 3.63) is 111 Å². The van der Waals surface area contributed by atoms with Gasteiger partial charge in [0, 0.05) is 23.1 Å². The number of benzene rings is 3. The summed E-state index contributed by atoms with van der Waals surface area (Å²) in [5, 5.41) is 29.5. The molecule has 250 valence electrons. The van der Waals surface area contributed by atoms with Gasteiger partial charge < -0.3 is 34.3 Å². The third kappa shape index (κ3) is 7.44. The number of aldehydes is 1. The van der Waals surface area contributed by atoms with Gasteiger partial charge >= 0.3 is 11.9 Å². The lowest BCUT2D eigenvalue weighted by atomic mass is 9.85. The van der Waals surface area contributed by atoms with Crippen molar-refractivity contribution in [2.45, 2.75) is 26.7 Å². The lowest BCUT2D eigenvalue weighted by Gasteiger charge is -2.18. The number of hydrogen-bond donors (Lipinski definition) is 3. The molecule has 0 saturated carbocycles. The van der Waals surface area contributed by atoms with Crippen LogP contribution in [0.15, 0.2) is 72.5 Å². The molecule has 0 radical (unpaired) electrons. The number of carbonyl (C=O) groups excluding carboxylic acids is 4. The van der Waals surface area contributed by atoms with Gasteiger partial charge in [-0.3, -0.25) is 14.4 Å². The van der Waals surface area contributed by atoms with Crippen molar-refractivity contribution in [3.63, 3.8) is 0 Å². The van der Waals surface area contributed by atoms with E-state index >= 15 is 0 Å². The molecule has 0 fully saturated rings. The summed E-state index contributed by atoms with van der Waals surface area (Å²) in [5.74, 6) is -3.49. The summed E-state index contributed by atoms with van der Waals surface area (Å²) in [4.78, 5) is 59.2. The standard InChI is InChI=1S/C19H18O8.C17H16O4/c1-8-5-13(26-4)11(7-20)17(22)14(8)19(25)27-12-6-9(2)16(21)15(10(12)3)18(23)24;1-4-13(11-5-7-12(20-2)8-6-11)14-9-16(19)17(21-3)10-15(14)18/h5-7,21-22H,1-4H3,(H,23,24);4-10,13H,1H2,2-3H3. The monoisotopic (exact) mass is 658 g/mol. The molecule has 12 heteroatoms. The van der Waals surface area contributed by atoms with Crippen molar-refractivity contribution in [3.8, 4) is 28.7 Å².